The van der Waals surface area contributed by atoms with Crippen LogP contribution in [-0.4, -0.2) is 28.0 Å². The quantitative estimate of drug-likeness (QED) is 0.805. The molecule has 2 N–H and O–H groups in total. The summed E-state index contributed by atoms with van der Waals surface area (Å²) < 4.78 is 0. The molecule has 0 aliphatic rings. The molecule has 0 unspecified atom stereocenters. The van der Waals surface area contributed by atoms with Crippen LogP contribution in [0.25, 0.3) is 0 Å². The summed E-state index contributed by atoms with van der Waals surface area (Å²) in [7, 11) is 0. The first-order valence-electron chi connectivity index (χ1n) is 4.44. The number of nitrogens with zero attached hydrogens (tertiary/aromatic N) is 1. The predicted molar refractivity (Wildman–Crippen MR) is 55.8 cm³/mol. The van der Waals surface area contributed by atoms with Gasteiger partial charge in [0.2, 0.25) is 0 Å². The monoisotopic (exact) mass is 228 g/mol. The Balaban J connectivity index is 2.67. The van der Waals surface area contributed by atoms with Crippen molar-refractivity contribution in [3.63, 3.8) is 0 Å². The summed E-state index contributed by atoms with van der Waals surface area (Å²) >= 11 is 1.18. The van der Waals surface area contributed by atoms with E-state index in [2.05, 4.69) is 10.3 Å². The number of nitrogens with one attached hydrogen (secondary N) is 1. The zero-order chi connectivity index (χ0) is 11.4. The van der Waals surface area contributed by atoms with Gasteiger partial charge in [-0.05, 0) is 5.92 Å². The van der Waals surface area contributed by atoms with Crippen LogP contribution in [0.2, 0.25) is 0 Å². The molecular formula is C9H12N2O3S. The van der Waals surface area contributed by atoms with Crippen LogP contribution in [0.4, 0.5) is 0 Å². The number of aromatic nitrogens is 1. The Kier molecular flexibility index (Phi) is 3.79. The summed E-state index contributed by atoms with van der Waals surface area (Å²) in [6, 6.07) is -0.861. The SMILES string of the molecule is CC(C)[C@@H](NC(=O)c1cncs1)C(=O)O. The normalized spacial score (nSPS) is 12.5. The fourth-order valence-electron chi connectivity index (χ4n) is 1.05. The van der Waals surface area contributed by atoms with Crippen molar-refractivity contribution in [1.29, 1.82) is 0 Å². The number of carboxylic acids is 1. The lowest BCUT2D eigenvalue weighted by Gasteiger charge is -2.16. The number of carbonyl (C=O) groups excluding carboxylic acids is 1. The number of carbonyl (C=O) groups is 2. The number of aliphatic carboxylic acids is 1. The maximum Gasteiger partial charge on any atom is 0.326 e. The highest BCUT2D eigenvalue weighted by atomic mass is 32.1. The van der Waals surface area contributed by atoms with E-state index in [1.165, 1.54) is 23.0 Å². The van der Waals surface area contributed by atoms with Crippen LogP contribution in [-0.2, 0) is 4.79 Å². The molecule has 1 rings (SSSR count). The highest BCUT2D eigenvalue weighted by molar-refractivity contribution is 7.11. The van der Waals surface area contributed by atoms with E-state index in [1.807, 2.05) is 0 Å². The first kappa shape index (κ1) is 11.6. The topological polar surface area (TPSA) is 79.3 Å². The van der Waals surface area contributed by atoms with Gasteiger partial charge >= 0.3 is 5.97 Å². The second kappa shape index (κ2) is 4.88. The van der Waals surface area contributed by atoms with Crippen molar-refractivity contribution in [2.45, 2.75) is 19.9 Å². The molecule has 0 radical (unpaired) electrons. The Morgan fingerprint density at radius 1 is 1.53 bits per heavy atom. The lowest BCUT2D eigenvalue weighted by molar-refractivity contribution is -0.140. The Bertz CT molecular complexity index is 348. The molecule has 0 bridgehead atoms. The first-order chi connectivity index (χ1) is 7.02. The van der Waals surface area contributed by atoms with Gasteiger partial charge in [0.25, 0.3) is 5.91 Å². The summed E-state index contributed by atoms with van der Waals surface area (Å²) in [4.78, 5) is 26.5. The predicted octanol–water partition coefficient (Wildman–Crippen LogP) is 0.982. The van der Waals surface area contributed by atoms with Gasteiger partial charge in [0.15, 0.2) is 0 Å². The molecule has 0 aliphatic heterocycles. The van der Waals surface area contributed by atoms with Crippen LogP contribution < -0.4 is 5.32 Å². The zero-order valence-electron chi connectivity index (χ0n) is 8.43. The van der Waals surface area contributed by atoms with Crippen molar-refractivity contribution in [1.82, 2.24) is 10.3 Å². The molecule has 1 amide bonds. The third-order valence-corrected chi connectivity index (χ3v) is 2.65. The minimum atomic E-state index is -1.03. The minimum absolute atomic E-state index is 0.153. The number of hydrogen-bond donors (Lipinski definition) is 2. The lowest BCUT2D eigenvalue weighted by atomic mass is 10.0. The van der Waals surface area contributed by atoms with E-state index in [0.717, 1.165) is 0 Å². The van der Waals surface area contributed by atoms with Crippen molar-refractivity contribution in [3.05, 3.63) is 16.6 Å². The van der Waals surface area contributed by atoms with Crippen LogP contribution in [0.1, 0.15) is 23.5 Å². The van der Waals surface area contributed by atoms with E-state index in [4.69, 9.17) is 5.11 Å². The third kappa shape index (κ3) is 3.02. The van der Waals surface area contributed by atoms with Crippen LogP contribution in [0.15, 0.2) is 11.7 Å². The highest BCUT2D eigenvalue weighted by Gasteiger charge is 2.24. The Morgan fingerprint density at radius 2 is 2.20 bits per heavy atom. The molecule has 0 saturated heterocycles. The largest absolute Gasteiger partial charge is 0.480 e. The van der Waals surface area contributed by atoms with Gasteiger partial charge in [-0.1, -0.05) is 13.8 Å². The van der Waals surface area contributed by atoms with Gasteiger partial charge in [-0.2, -0.15) is 0 Å². The zero-order valence-corrected chi connectivity index (χ0v) is 9.25. The van der Waals surface area contributed by atoms with Crippen molar-refractivity contribution in [2.24, 2.45) is 5.92 Å². The molecule has 82 valence electrons. The molecule has 6 heteroatoms. The average molecular weight is 228 g/mol. The van der Waals surface area contributed by atoms with Crippen molar-refractivity contribution in [3.8, 4) is 0 Å². The number of rotatable bonds is 4. The fraction of sp³-hybridized carbons (Fsp3) is 0.444. The van der Waals surface area contributed by atoms with Gasteiger partial charge in [0, 0.05) is 0 Å². The lowest BCUT2D eigenvalue weighted by Crippen LogP contribution is -2.44. The van der Waals surface area contributed by atoms with E-state index in [9.17, 15) is 9.59 Å². The molecule has 1 aromatic heterocycles. The smallest absolute Gasteiger partial charge is 0.326 e. The number of hydrogen-bond acceptors (Lipinski definition) is 4. The summed E-state index contributed by atoms with van der Waals surface area (Å²) in [5, 5.41) is 11.3. The molecule has 1 heterocycles. The van der Waals surface area contributed by atoms with Gasteiger partial charge in [0.1, 0.15) is 10.9 Å². The summed E-state index contributed by atoms with van der Waals surface area (Å²) in [5.74, 6) is -1.57. The van der Waals surface area contributed by atoms with E-state index in [-0.39, 0.29) is 5.92 Å². The molecule has 0 fully saturated rings. The van der Waals surface area contributed by atoms with E-state index >= 15 is 0 Å². The van der Waals surface area contributed by atoms with Crippen molar-refractivity contribution < 1.29 is 14.7 Å². The molecule has 5 nitrogen and oxygen atoms in total. The van der Waals surface area contributed by atoms with Crippen molar-refractivity contribution in [2.75, 3.05) is 0 Å². The highest BCUT2D eigenvalue weighted by Crippen LogP contribution is 2.08. The Hall–Kier alpha value is -1.43. The summed E-state index contributed by atoms with van der Waals surface area (Å²) in [5.41, 5.74) is 1.53. The Labute approximate surface area is 91.1 Å². The number of thiazole rings is 1. The maximum absolute atomic E-state index is 11.5. The molecule has 0 aliphatic carbocycles. The number of amides is 1. The van der Waals surface area contributed by atoms with Crippen molar-refractivity contribution >= 4 is 23.2 Å². The van der Waals surface area contributed by atoms with Crippen LogP contribution in [0.3, 0.4) is 0 Å². The van der Waals surface area contributed by atoms with Gasteiger partial charge in [-0.3, -0.25) is 9.78 Å². The molecule has 0 spiro atoms. The molecular weight excluding hydrogens is 216 g/mol. The number of carboxylic acid groups (broad SMARTS) is 1. The second-order valence-corrected chi connectivity index (χ2v) is 4.29. The molecule has 0 saturated carbocycles. The van der Waals surface area contributed by atoms with Gasteiger partial charge in [-0.25, -0.2) is 4.79 Å². The van der Waals surface area contributed by atoms with E-state index in [0.29, 0.717) is 4.88 Å². The van der Waals surface area contributed by atoms with E-state index < -0.39 is 17.9 Å². The summed E-state index contributed by atoms with van der Waals surface area (Å²) in [6.07, 6.45) is 1.42. The molecule has 1 aromatic rings. The van der Waals surface area contributed by atoms with Crippen LogP contribution >= 0.6 is 11.3 Å². The standard InChI is InChI=1S/C9H12N2O3S/c1-5(2)7(9(13)14)11-8(12)6-3-10-4-15-6/h3-5,7H,1-2H3,(H,11,12)(H,13,14)/t7-/m1/s1. The summed E-state index contributed by atoms with van der Waals surface area (Å²) in [6.45, 7) is 3.48. The van der Waals surface area contributed by atoms with E-state index in [1.54, 1.807) is 13.8 Å². The second-order valence-electron chi connectivity index (χ2n) is 3.40. The van der Waals surface area contributed by atoms with Crippen LogP contribution in [0, 0.1) is 5.92 Å². The fourth-order valence-corrected chi connectivity index (χ4v) is 1.58. The maximum atomic E-state index is 11.5. The van der Waals surface area contributed by atoms with Gasteiger partial charge in [-0.15, -0.1) is 11.3 Å². The van der Waals surface area contributed by atoms with Gasteiger partial charge in [0.05, 0.1) is 11.7 Å². The minimum Gasteiger partial charge on any atom is -0.480 e. The third-order valence-electron chi connectivity index (χ3n) is 1.88. The average Bonchev–Trinajstić information content (AvgIpc) is 2.65. The molecule has 1 atom stereocenters. The Morgan fingerprint density at radius 3 is 2.60 bits per heavy atom. The van der Waals surface area contributed by atoms with Gasteiger partial charge < -0.3 is 10.4 Å². The molecule has 0 aromatic carbocycles. The van der Waals surface area contributed by atoms with Crippen LogP contribution in [0.5, 0.6) is 0 Å². The first-order valence-corrected chi connectivity index (χ1v) is 5.32. The molecule has 15 heavy (non-hydrogen) atoms.